The van der Waals surface area contributed by atoms with Gasteiger partial charge in [0.1, 0.15) is 6.10 Å². The highest BCUT2D eigenvalue weighted by molar-refractivity contribution is 5.76. The highest BCUT2D eigenvalue weighted by Gasteiger charge is 2.34. The Balaban J connectivity index is 2.02. The van der Waals surface area contributed by atoms with Crippen LogP contribution < -0.4 is 0 Å². The van der Waals surface area contributed by atoms with Gasteiger partial charge in [0, 0.05) is 0 Å². The summed E-state index contributed by atoms with van der Waals surface area (Å²) in [6.45, 7) is 6.55. The van der Waals surface area contributed by atoms with Gasteiger partial charge in [0.05, 0.1) is 0 Å². The molecule has 3 nitrogen and oxygen atoms in total. The monoisotopic (exact) mass is 290 g/mol. The zero-order valence-electron chi connectivity index (χ0n) is 13.2. The molecule has 1 aromatic rings. The molecule has 0 aromatic heterocycles. The van der Waals surface area contributed by atoms with Crippen molar-refractivity contribution < 1.29 is 14.6 Å². The van der Waals surface area contributed by atoms with Gasteiger partial charge in [-0.15, -0.1) is 0 Å². The molecule has 0 heterocycles. The maximum Gasteiger partial charge on any atom is 0.339 e. The van der Waals surface area contributed by atoms with Crippen LogP contribution in [-0.4, -0.2) is 17.2 Å². The Morgan fingerprint density at radius 3 is 2.52 bits per heavy atom. The molecule has 1 N–H and O–H groups in total. The highest BCUT2D eigenvalue weighted by Crippen LogP contribution is 2.36. The maximum atomic E-state index is 12.2. The van der Waals surface area contributed by atoms with Gasteiger partial charge < -0.3 is 9.84 Å². The molecule has 0 radical (unpaired) electrons. The second kappa shape index (κ2) is 7.08. The average molecular weight is 290 g/mol. The molecule has 3 heteroatoms. The molecule has 0 saturated heterocycles. The normalized spacial score (nSPS) is 27.4. The van der Waals surface area contributed by atoms with Crippen LogP contribution in [0.25, 0.3) is 0 Å². The van der Waals surface area contributed by atoms with Gasteiger partial charge in [-0.1, -0.05) is 57.5 Å². The van der Waals surface area contributed by atoms with E-state index in [4.69, 9.17) is 4.74 Å². The SMILES string of the molecule is CC1CCC(C(C)C)C(OC(=O)C(O)c2ccccc2)C1. The summed E-state index contributed by atoms with van der Waals surface area (Å²) in [5.74, 6) is 0.940. The van der Waals surface area contributed by atoms with E-state index in [-0.39, 0.29) is 6.10 Å². The van der Waals surface area contributed by atoms with Crippen LogP contribution in [0.1, 0.15) is 51.7 Å². The first kappa shape index (κ1) is 16.0. The molecule has 1 aliphatic rings. The molecule has 1 fully saturated rings. The molecule has 2 rings (SSSR count). The summed E-state index contributed by atoms with van der Waals surface area (Å²) < 4.78 is 5.66. The number of ether oxygens (including phenoxy) is 1. The number of carbonyl (C=O) groups excluding carboxylic acids is 1. The van der Waals surface area contributed by atoms with Gasteiger partial charge in [0.2, 0.25) is 0 Å². The van der Waals surface area contributed by atoms with E-state index in [1.165, 1.54) is 6.42 Å². The summed E-state index contributed by atoms with van der Waals surface area (Å²) in [5.41, 5.74) is 0.590. The van der Waals surface area contributed by atoms with Crippen LogP contribution >= 0.6 is 0 Å². The molecule has 1 aromatic carbocycles. The molecule has 1 saturated carbocycles. The van der Waals surface area contributed by atoms with Crippen molar-refractivity contribution in [3.8, 4) is 0 Å². The summed E-state index contributed by atoms with van der Waals surface area (Å²) in [6.07, 6.45) is 1.93. The first-order valence-electron chi connectivity index (χ1n) is 7.92. The fraction of sp³-hybridized carbons (Fsp3) is 0.611. The predicted octanol–water partition coefficient (Wildman–Crippen LogP) is 3.72. The van der Waals surface area contributed by atoms with Gasteiger partial charge in [-0.3, -0.25) is 0 Å². The first-order chi connectivity index (χ1) is 9.99. The van der Waals surface area contributed by atoms with E-state index >= 15 is 0 Å². The minimum atomic E-state index is -1.18. The molecule has 1 aliphatic carbocycles. The zero-order valence-corrected chi connectivity index (χ0v) is 13.2. The number of aliphatic hydroxyl groups excluding tert-OH is 1. The van der Waals surface area contributed by atoms with Crippen LogP contribution in [0.4, 0.5) is 0 Å². The highest BCUT2D eigenvalue weighted by atomic mass is 16.6. The zero-order chi connectivity index (χ0) is 15.4. The standard InChI is InChI=1S/C18H26O3/c1-12(2)15-10-9-13(3)11-16(15)21-18(20)17(19)14-7-5-4-6-8-14/h4-8,12-13,15-17,19H,9-11H2,1-3H3. The van der Waals surface area contributed by atoms with Gasteiger partial charge in [-0.2, -0.15) is 0 Å². The summed E-state index contributed by atoms with van der Waals surface area (Å²) in [4.78, 5) is 12.2. The lowest BCUT2D eigenvalue weighted by atomic mass is 9.75. The third-order valence-corrected chi connectivity index (χ3v) is 4.57. The largest absolute Gasteiger partial charge is 0.460 e. The Kier molecular flexibility index (Phi) is 5.40. The fourth-order valence-electron chi connectivity index (χ4n) is 3.24. The topological polar surface area (TPSA) is 46.5 Å². The van der Waals surface area contributed by atoms with Gasteiger partial charge in [-0.05, 0) is 36.2 Å². The van der Waals surface area contributed by atoms with E-state index in [1.807, 2.05) is 18.2 Å². The second-order valence-corrected chi connectivity index (χ2v) is 6.61. The molecular formula is C18H26O3. The molecule has 0 amide bonds. The van der Waals surface area contributed by atoms with Crippen molar-refractivity contribution in [2.24, 2.45) is 17.8 Å². The summed E-state index contributed by atoms with van der Waals surface area (Å²) in [6, 6.07) is 8.97. The van der Waals surface area contributed by atoms with Crippen LogP contribution in [0.15, 0.2) is 30.3 Å². The molecular weight excluding hydrogens is 264 g/mol. The Bertz CT molecular complexity index is 455. The average Bonchev–Trinajstić information content (AvgIpc) is 2.47. The van der Waals surface area contributed by atoms with Crippen molar-refractivity contribution >= 4 is 5.97 Å². The van der Waals surface area contributed by atoms with Crippen LogP contribution in [-0.2, 0) is 9.53 Å². The number of aliphatic hydroxyl groups is 1. The first-order valence-corrected chi connectivity index (χ1v) is 7.92. The number of benzene rings is 1. The van der Waals surface area contributed by atoms with E-state index in [0.717, 1.165) is 12.8 Å². The predicted molar refractivity (Wildman–Crippen MR) is 82.6 cm³/mol. The third-order valence-electron chi connectivity index (χ3n) is 4.57. The van der Waals surface area contributed by atoms with Crippen LogP contribution in [0.2, 0.25) is 0 Å². The summed E-state index contributed by atoms with van der Waals surface area (Å²) in [5, 5.41) is 10.1. The smallest absolute Gasteiger partial charge is 0.339 e. The second-order valence-electron chi connectivity index (χ2n) is 6.61. The Morgan fingerprint density at radius 1 is 1.24 bits per heavy atom. The number of rotatable bonds is 4. The van der Waals surface area contributed by atoms with E-state index in [0.29, 0.717) is 23.3 Å². The van der Waals surface area contributed by atoms with Crippen molar-refractivity contribution in [2.45, 2.75) is 52.2 Å². The molecule has 4 atom stereocenters. The van der Waals surface area contributed by atoms with Crippen molar-refractivity contribution in [1.82, 2.24) is 0 Å². The van der Waals surface area contributed by atoms with Crippen LogP contribution in [0.5, 0.6) is 0 Å². The van der Waals surface area contributed by atoms with Crippen molar-refractivity contribution in [1.29, 1.82) is 0 Å². The third kappa shape index (κ3) is 4.07. The quantitative estimate of drug-likeness (QED) is 0.860. The Labute approximate surface area is 127 Å². The van der Waals surface area contributed by atoms with Crippen LogP contribution in [0.3, 0.4) is 0 Å². The minimum absolute atomic E-state index is 0.0698. The van der Waals surface area contributed by atoms with Gasteiger partial charge in [0.15, 0.2) is 6.10 Å². The lowest BCUT2D eigenvalue weighted by molar-refractivity contribution is -0.166. The fourth-order valence-corrected chi connectivity index (χ4v) is 3.24. The number of carbonyl (C=O) groups is 1. The molecule has 0 bridgehead atoms. The van der Waals surface area contributed by atoms with Crippen molar-refractivity contribution in [3.63, 3.8) is 0 Å². The molecule has 116 valence electrons. The minimum Gasteiger partial charge on any atom is -0.460 e. The molecule has 21 heavy (non-hydrogen) atoms. The van der Waals surface area contributed by atoms with E-state index in [2.05, 4.69) is 20.8 Å². The Morgan fingerprint density at radius 2 is 1.90 bits per heavy atom. The molecule has 0 aliphatic heterocycles. The van der Waals surface area contributed by atoms with Gasteiger partial charge in [-0.25, -0.2) is 4.79 Å². The van der Waals surface area contributed by atoms with E-state index in [9.17, 15) is 9.90 Å². The van der Waals surface area contributed by atoms with Gasteiger partial charge in [0.25, 0.3) is 0 Å². The van der Waals surface area contributed by atoms with Crippen LogP contribution in [0, 0.1) is 17.8 Å². The molecule has 0 spiro atoms. The lowest BCUT2D eigenvalue weighted by Crippen LogP contribution is -2.37. The molecule has 4 unspecified atom stereocenters. The van der Waals surface area contributed by atoms with Gasteiger partial charge >= 0.3 is 5.97 Å². The lowest BCUT2D eigenvalue weighted by Gasteiger charge is -2.37. The van der Waals surface area contributed by atoms with E-state index < -0.39 is 12.1 Å². The Hall–Kier alpha value is -1.35. The van der Waals surface area contributed by atoms with Crippen molar-refractivity contribution in [3.05, 3.63) is 35.9 Å². The van der Waals surface area contributed by atoms with Crippen molar-refractivity contribution in [2.75, 3.05) is 0 Å². The van der Waals surface area contributed by atoms with E-state index in [1.54, 1.807) is 12.1 Å². The number of esters is 1. The number of hydrogen-bond donors (Lipinski definition) is 1. The summed E-state index contributed by atoms with van der Waals surface area (Å²) in [7, 11) is 0. The maximum absolute atomic E-state index is 12.2. The number of hydrogen-bond acceptors (Lipinski definition) is 3. The summed E-state index contributed by atoms with van der Waals surface area (Å²) >= 11 is 0.